The molecule has 12 aromatic rings. The van der Waals surface area contributed by atoms with Crippen LogP contribution in [0.4, 0.5) is 34.1 Å². The second kappa shape index (κ2) is 16.0. The normalized spacial score (nSPS) is 12.9. The summed E-state index contributed by atoms with van der Waals surface area (Å²) in [4.78, 5) is 4.99. The summed E-state index contributed by atoms with van der Waals surface area (Å²) in [6.45, 7) is 0. The third kappa shape index (κ3) is 5.95. The van der Waals surface area contributed by atoms with E-state index in [1.807, 2.05) is 6.07 Å². The number of furan rings is 1. The molecular formula is C67H44N2O. The van der Waals surface area contributed by atoms with Gasteiger partial charge in [0.2, 0.25) is 0 Å². The van der Waals surface area contributed by atoms with E-state index < -0.39 is 5.41 Å². The van der Waals surface area contributed by atoms with E-state index in [2.05, 4.69) is 271 Å². The van der Waals surface area contributed by atoms with E-state index in [-0.39, 0.29) is 0 Å². The zero-order chi connectivity index (χ0) is 46.2. The first-order valence-corrected chi connectivity index (χ1v) is 24.1. The van der Waals surface area contributed by atoms with E-state index in [1.54, 1.807) is 0 Å². The van der Waals surface area contributed by atoms with Gasteiger partial charge in [0.05, 0.1) is 33.9 Å². The Balaban J connectivity index is 1.06. The van der Waals surface area contributed by atoms with Gasteiger partial charge in [-0.1, -0.05) is 200 Å². The largest absolute Gasteiger partial charge is 0.456 e. The predicted octanol–water partition coefficient (Wildman–Crippen LogP) is 18.2. The first-order valence-electron chi connectivity index (χ1n) is 24.1. The Morgan fingerprint density at radius 3 is 1.54 bits per heavy atom. The molecule has 0 radical (unpaired) electrons. The molecule has 0 bridgehead atoms. The quantitative estimate of drug-likeness (QED) is 0.159. The van der Waals surface area contributed by atoms with Crippen LogP contribution in [0.1, 0.15) is 22.3 Å². The van der Waals surface area contributed by atoms with Crippen LogP contribution in [0.2, 0.25) is 0 Å². The van der Waals surface area contributed by atoms with Gasteiger partial charge in [0.25, 0.3) is 0 Å². The van der Waals surface area contributed by atoms with Gasteiger partial charge in [-0.2, -0.15) is 0 Å². The topological polar surface area (TPSA) is 19.6 Å². The lowest BCUT2D eigenvalue weighted by molar-refractivity contribution is 0.669. The molecule has 0 saturated carbocycles. The fourth-order valence-electron chi connectivity index (χ4n) is 11.8. The van der Waals surface area contributed by atoms with E-state index in [1.165, 1.54) is 55.9 Å². The van der Waals surface area contributed by atoms with Crippen LogP contribution in [0.5, 0.6) is 0 Å². The van der Waals surface area contributed by atoms with Gasteiger partial charge in [-0.05, 0) is 117 Å². The van der Waals surface area contributed by atoms with Crippen molar-refractivity contribution in [3.8, 4) is 44.5 Å². The van der Waals surface area contributed by atoms with Crippen LogP contribution in [-0.4, -0.2) is 0 Å². The molecule has 3 heteroatoms. The van der Waals surface area contributed by atoms with Gasteiger partial charge in [0.1, 0.15) is 11.2 Å². The molecule has 2 heterocycles. The molecule has 0 unspecified atom stereocenters. The van der Waals surface area contributed by atoms with Crippen molar-refractivity contribution < 1.29 is 4.42 Å². The maximum atomic E-state index is 6.37. The van der Waals surface area contributed by atoms with E-state index in [0.29, 0.717) is 0 Å². The molecule has 0 N–H and O–H groups in total. The van der Waals surface area contributed by atoms with Crippen molar-refractivity contribution in [1.82, 2.24) is 0 Å². The van der Waals surface area contributed by atoms with Crippen molar-refractivity contribution in [1.29, 1.82) is 0 Å². The molecule has 0 atom stereocenters. The highest BCUT2D eigenvalue weighted by Gasteiger charge is 2.52. The summed E-state index contributed by atoms with van der Waals surface area (Å²) in [6.07, 6.45) is 0. The van der Waals surface area contributed by atoms with Crippen LogP contribution in [0.25, 0.3) is 66.4 Å². The van der Waals surface area contributed by atoms with Crippen molar-refractivity contribution in [2.75, 3.05) is 9.80 Å². The van der Waals surface area contributed by atoms with E-state index >= 15 is 0 Å². The van der Waals surface area contributed by atoms with Crippen molar-refractivity contribution in [2.45, 2.75) is 5.41 Å². The molecule has 11 aromatic carbocycles. The molecule has 0 saturated heterocycles. The summed E-state index contributed by atoms with van der Waals surface area (Å²) < 4.78 is 6.37. The highest BCUT2D eigenvalue weighted by atomic mass is 16.3. The van der Waals surface area contributed by atoms with Gasteiger partial charge in [0.15, 0.2) is 0 Å². The molecule has 2 aliphatic rings. The SMILES string of the molecule is c1ccc(-c2cccc(-c3ccccc3N(c3ccccc3-c3ccc4oc5ccccc5c4c3)c3cccc4c3-c3ccccc3C43c4ccccc4N(c4ccccc4)c4ccccc43)c2)cc1. The Labute approximate surface area is 407 Å². The van der Waals surface area contributed by atoms with E-state index in [9.17, 15) is 0 Å². The second-order valence-electron chi connectivity index (χ2n) is 18.3. The molecule has 3 nitrogen and oxygen atoms in total. The maximum Gasteiger partial charge on any atom is 0.135 e. The van der Waals surface area contributed by atoms with Gasteiger partial charge in [-0.3, -0.25) is 0 Å². The molecule has 1 aliphatic heterocycles. The monoisotopic (exact) mass is 892 g/mol. The molecule has 70 heavy (non-hydrogen) atoms. The number of anilines is 6. The zero-order valence-electron chi connectivity index (χ0n) is 38.2. The lowest BCUT2D eigenvalue weighted by Gasteiger charge is -2.45. The van der Waals surface area contributed by atoms with Crippen LogP contribution in [0, 0.1) is 0 Å². The molecule has 0 amide bonds. The highest BCUT2D eigenvalue weighted by molar-refractivity contribution is 6.08. The highest BCUT2D eigenvalue weighted by Crippen LogP contribution is 2.65. The van der Waals surface area contributed by atoms with Crippen LogP contribution >= 0.6 is 0 Å². The Morgan fingerprint density at radius 2 is 0.814 bits per heavy atom. The third-order valence-corrected chi connectivity index (χ3v) is 14.7. The third-order valence-electron chi connectivity index (χ3n) is 14.7. The number of hydrogen-bond donors (Lipinski definition) is 0. The smallest absolute Gasteiger partial charge is 0.135 e. The Bertz CT molecular complexity index is 3930. The Kier molecular flexibility index (Phi) is 9.11. The van der Waals surface area contributed by atoms with Crippen molar-refractivity contribution in [2.24, 2.45) is 0 Å². The minimum atomic E-state index is -0.623. The van der Waals surface area contributed by atoms with Gasteiger partial charge >= 0.3 is 0 Å². The zero-order valence-corrected chi connectivity index (χ0v) is 38.2. The van der Waals surface area contributed by atoms with Crippen LogP contribution in [0.3, 0.4) is 0 Å². The molecule has 328 valence electrons. The van der Waals surface area contributed by atoms with Gasteiger partial charge in [0, 0.05) is 33.2 Å². The first-order chi connectivity index (χ1) is 34.8. The fraction of sp³-hybridized carbons (Fsp3) is 0.0149. The minimum Gasteiger partial charge on any atom is -0.456 e. The summed E-state index contributed by atoms with van der Waals surface area (Å²) in [5.74, 6) is 0. The molecule has 14 rings (SSSR count). The van der Waals surface area contributed by atoms with Crippen molar-refractivity contribution >= 4 is 56.1 Å². The summed E-state index contributed by atoms with van der Waals surface area (Å²) >= 11 is 0. The fourth-order valence-corrected chi connectivity index (χ4v) is 11.8. The number of fused-ring (bicyclic) bond motifs is 12. The number of hydrogen-bond acceptors (Lipinski definition) is 3. The van der Waals surface area contributed by atoms with Gasteiger partial charge in [-0.25, -0.2) is 0 Å². The predicted molar refractivity (Wildman–Crippen MR) is 290 cm³/mol. The Hall–Kier alpha value is -9.18. The summed E-state index contributed by atoms with van der Waals surface area (Å²) in [6, 6.07) is 97.6. The lowest BCUT2D eigenvalue weighted by Crippen LogP contribution is -2.36. The number of nitrogens with zero attached hydrogens (tertiary/aromatic N) is 2. The van der Waals surface area contributed by atoms with Crippen molar-refractivity contribution in [3.05, 3.63) is 289 Å². The maximum absolute atomic E-state index is 6.37. The number of benzene rings is 11. The average Bonchev–Trinajstić information content (AvgIpc) is 3.96. The van der Waals surface area contributed by atoms with Crippen LogP contribution in [-0.2, 0) is 5.41 Å². The van der Waals surface area contributed by atoms with Crippen LogP contribution in [0.15, 0.2) is 271 Å². The van der Waals surface area contributed by atoms with Crippen molar-refractivity contribution in [3.63, 3.8) is 0 Å². The van der Waals surface area contributed by atoms with Crippen LogP contribution < -0.4 is 9.80 Å². The molecule has 0 fully saturated rings. The standard InChI is InChI=1S/C67H44N2O/c1-3-21-45(22-4-1)46-23-19-24-47(43-46)50-27-8-14-35-59(50)69(60-36-15-9-28-51(60)48-41-42-65-54(44-48)52-29-10-18-40-64(52)70-65)63-39-20-34-58-66(63)53-30-7-11-31-55(53)67(58)56-32-12-16-37-61(56)68(49-25-5-2-6-26-49)62-38-17-13-33-57(62)67/h1-44H. The first kappa shape index (κ1) is 39.9. The van der Waals surface area contributed by atoms with E-state index in [0.717, 1.165) is 66.9 Å². The molecule has 1 aliphatic carbocycles. The molecular weight excluding hydrogens is 849 g/mol. The van der Waals surface area contributed by atoms with E-state index in [4.69, 9.17) is 4.42 Å². The number of rotatable bonds is 7. The lowest BCUT2D eigenvalue weighted by atomic mass is 9.64. The summed E-state index contributed by atoms with van der Waals surface area (Å²) in [5, 5.41) is 2.21. The molecule has 1 aromatic heterocycles. The average molecular weight is 893 g/mol. The Morgan fingerprint density at radius 1 is 0.314 bits per heavy atom. The second-order valence-corrected chi connectivity index (χ2v) is 18.3. The molecule has 1 spiro atoms. The summed E-state index contributed by atoms with van der Waals surface area (Å²) in [5.41, 5.74) is 22.3. The summed E-state index contributed by atoms with van der Waals surface area (Å²) in [7, 11) is 0. The van der Waals surface area contributed by atoms with Gasteiger partial charge in [-0.15, -0.1) is 0 Å². The minimum absolute atomic E-state index is 0.623. The van der Waals surface area contributed by atoms with Gasteiger partial charge < -0.3 is 14.2 Å². The number of para-hydroxylation sites is 6.